The summed E-state index contributed by atoms with van der Waals surface area (Å²) in [6, 6.07) is 0. The minimum atomic E-state index is -3.40. The molecule has 0 aromatic rings. The lowest BCUT2D eigenvalue weighted by atomic mass is 9.76. The molecule has 0 heterocycles. The highest BCUT2D eigenvalue weighted by molar-refractivity contribution is 5.02. The molecule has 0 radical (unpaired) electrons. The van der Waals surface area contributed by atoms with Gasteiger partial charge in [0, 0.05) is 4.11 Å². The molecule has 1 saturated carbocycles. The Bertz CT molecular complexity index is 458. The highest BCUT2D eigenvalue weighted by atomic mass is 19.2. The van der Waals surface area contributed by atoms with Crippen LogP contribution in [0.25, 0.3) is 0 Å². The molecule has 2 aliphatic carbocycles. The van der Waals surface area contributed by atoms with Gasteiger partial charge >= 0.3 is 0 Å². The van der Waals surface area contributed by atoms with Crippen molar-refractivity contribution in [1.29, 1.82) is 0 Å². The second-order valence-electron chi connectivity index (χ2n) is 6.68. The molecular formula is C19H32F2. The molecule has 0 bridgehead atoms. The van der Waals surface area contributed by atoms with E-state index >= 15 is 0 Å². The van der Waals surface area contributed by atoms with Crippen molar-refractivity contribution in [3.63, 3.8) is 0 Å². The zero-order valence-corrected chi connectivity index (χ0v) is 13.2. The van der Waals surface area contributed by atoms with E-state index < -0.39 is 24.6 Å². The van der Waals surface area contributed by atoms with Crippen molar-refractivity contribution in [1.82, 2.24) is 0 Å². The van der Waals surface area contributed by atoms with Crippen LogP contribution in [0, 0.1) is 17.7 Å². The largest absolute Gasteiger partial charge is 0.244 e. The van der Waals surface area contributed by atoms with Gasteiger partial charge in [-0.2, -0.15) is 0 Å². The predicted molar refractivity (Wildman–Crippen MR) is 85.9 cm³/mol. The maximum atomic E-state index is 14.2. The normalized spacial score (nSPS) is 49.0. The summed E-state index contributed by atoms with van der Waals surface area (Å²) in [6.45, 7) is 2.21. The second-order valence-corrected chi connectivity index (χ2v) is 6.68. The minimum Gasteiger partial charge on any atom is -0.244 e. The van der Waals surface area contributed by atoms with Crippen LogP contribution in [-0.2, 0) is 0 Å². The van der Waals surface area contributed by atoms with Crippen LogP contribution in [0.2, 0.25) is 0 Å². The fraction of sp³-hybridized carbons (Fsp3) is 0.895. The fourth-order valence-corrected chi connectivity index (χ4v) is 3.55. The van der Waals surface area contributed by atoms with Gasteiger partial charge in [0.25, 0.3) is 0 Å². The lowest BCUT2D eigenvalue weighted by molar-refractivity contribution is 0.160. The molecule has 0 saturated heterocycles. The van der Waals surface area contributed by atoms with E-state index in [1.165, 1.54) is 38.5 Å². The average molecular weight is 302 g/mol. The molecule has 0 spiro atoms. The summed E-state index contributed by atoms with van der Waals surface area (Å²) in [7, 11) is 0. The summed E-state index contributed by atoms with van der Waals surface area (Å²) >= 11 is 0. The Hall–Kier alpha value is -0.400. The monoisotopic (exact) mass is 302 g/mol. The van der Waals surface area contributed by atoms with Gasteiger partial charge in [0.05, 0.1) is 1.37 Å². The summed E-state index contributed by atoms with van der Waals surface area (Å²) in [5.41, 5.74) is 0. The van der Waals surface area contributed by atoms with E-state index in [-0.39, 0.29) is 6.42 Å². The summed E-state index contributed by atoms with van der Waals surface area (Å²) < 4.78 is 59.4. The maximum absolute atomic E-state index is 14.2. The van der Waals surface area contributed by atoms with Crippen LogP contribution in [-0.4, -0.2) is 12.3 Å². The first kappa shape index (κ1) is 12.1. The minimum absolute atomic E-state index is 0.138. The molecule has 2 aliphatic rings. The quantitative estimate of drug-likeness (QED) is 0.377. The first-order valence-corrected chi connectivity index (χ1v) is 8.66. The zero-order chi connectivity index (χ0) is 18.7. The van der Waals surface area contributed by atoms with E-state index in [1.54, 1.807) is 0 Å². The molecule has 0 aliphatic heterocycles. The molecule has 0 nitrogen and oxygen atoms in total. The van der Waals surface area contributed by atoms with Crippen molar-refractivity contribution in [2.75, 3.05) is 0 Å². The highest BCUT2D eigenvalue weighted by Crippen LogP contribution is 2.36. The molecule has 1 fully saturated rings. The molecule has 3 atom stereocenters. The molecule has 0 aromatic heterocycles. The summed E-state index contributed by atoms with van der Waals surface area (Å²) in [5.74, 6) is -0.658. The van der Waals surface area contributed by atoms with Crippen molar-refractivity contribution >= 4 is 0 Å². The third-order valence-corrected chi connectivity index (χ3v) is 4.99. The molecule has 0 aromatic carbocycles. The van der Waals surface area contributed by atoms with Gasteiger partial charge in [0.15, 0.2) is 0 Å². The Morgan fingerprint density at radius 3 is 2.33 bits per heavy atom. The van der Waals surface area contributed by atoms with Gasteiger partial charge in [0.2, 0.25) is 0 Å². The van der Waals surface area contributed by atoms with Crippen LogP contribution in [0.5, 0.6) is 0 Å². The van der Waals surface area contributed by atoms with E-state index in [9.17, 15) is 8.78 Å². The zero-order valence-electron chi connectivity index (χ0n) is 17.2. The standard InChI is InChI=1S/C19H32F2/c1-2-3-4-5-15-6-8-16(9-7-15)10-11-17-12-13-18(20)19(21)14-17/h12-13,15-19H,2-11,14H2,1H3/i14D2,17D,19D. The van der Waals surface area contributed by atoms with Gasteiger partial charge < -0.3 is 0 Å². The maximum Gasteiger partial charge on any atom is 0.149 e. The Kier molecular flexibility index (Phi) is 5.12. The van der Waals surface area contributed by atoms with Crippen LogP contribution < -0.4 is 0 Å². The van der Waals surface area contributed by atoms with Crippen molar-refractivity contribution in [2.45, 2.75) is 89.8 Å². The highest BCUT2D eigenvalue weighted by Gasteiger charge is 2.27. The van der Waals surface area contributed by atoms with Gasteiger partial charge in [-0.3, -0.25) is 0 Å². The smallest absolute Gasteiger partial charge is 0.149 e. The first-order valence-electron chi connectivity index (χ1n) is 10.7. The lowest BCUT2D eigenvalue weighted by Gasteiger charge is -2.30. The Labute approximate surface area is 135 Å². The third-order valence-electron chi connectivity index (χ3n) is 4.99. The van der Waals surface area contributed by atoms with Gasteiger partial charge in [0.1, 0.15) is 12.3 Å². The van der Waals surface area contributed by atoms with Crippen LogP contribution in [0.4, 0.5) is 8.78 Å². The second kappa shape index (κ2) is 8.90. The van der Waals surface area contributed by atoms with Gasteiger partial charge in [-0.25, -0.2) is 8.78 Å². The molecule has 2 rings (SSSR count). The van der Waals surface area contributed by atoms with E-state index in [1.807, 2.05) is 0 Å². The van der Waals surface area contributed by atoms with Crippen LogP contribution in [0.3, 0.4) is 0 Å². The topological polar surface area (TPSA) is 0 Å². The first-order chi connectivity index (χ1) is 11.6. The number of rotatable bonds is 7. The van der Waals surface area contributed by atoms with Crippen LogP contribution in [0.1, 0.15) is 83.0 Å². The summed E-state index contributed by atoms with van der Waals surface area (Å²) in [5, 5.41) is 0. The molecule has 2 heteroatoms. The number of alkyl halides is 2. The van der Waals surface area contributed by atoms with Gasteiger partial charge in [-0.1, -0.05) is 70.4 Å². The Balaban J connectivity index is 1.86. The molecule has 3 unspecified atom stereocenters. The predicted octanol–water partition coefficient (Wildman–Crippen LogP) is 6.41. The molecule has 0 N–H and O–H groups in total. The van der Waals surface area contributed by atoms with E-state index in [0.29, 0.717) is 12.3 Å². The van der Waals surface area contributed by atoms with E-state index in [2.05, 4.69) is 6.92 Å². The number of unbranched alkanes of at least 4 members (excludes halogenated alkanes) is 2. The van der Waals surface area contributed by atoms with Crippen LogP contribution >= 0.6 is 0 Å². The number of halogens is 2. The SMILES string of the molecule is [2H]C1(CCC2CCC(CCCCC)CC2)C=CC(F)C([2H])(F)C1([2H])[2H]. The summed E-state index contributed by atoms with van der Waals surface area (Å²) in [4.78, 5) is 0. The number of hydrogen-bond acceptors (Lipinski definition) is 0. The van der Waals surface area contributed by atoms with Crippen LogP contribution in [0.15, 0.2) is 12.2 Å². The van der Waals surface area contributed by atoms with Gasteiger partial charge in [-0.05, 0) is 36.9 Å². The molecule has 0 amide bonds. The van der Waals surface area contributed by atoms with Crippen molar-refractivity contribution in [3.05, 3.63) is 12.2 Å². The fourth-order valence-electron chi connectivity index (χ4n) is 3.55. The number of allylic oxidation sites excluding steroid dienone is 2. The Morgan fingerprint density at radius 1 is 1.00 bits per heavy atom. The molecule has 122 valence electrons. The Morgan fingerprint density at radius 2 is 1.67 bits per heavy atom. The van der Waals surface area contributed by atoms with Gasteiger partial charge in [-0.15, -0.1) is 0 Å². The van der Waals surface area contributed by atoms with Crippen molar-refractivity contribution in [3.8, 4) is 0 Å². The lowest BCUT2D eigenvalue weighted by Crippen LogP contribution is -2.23. The third kappa shape index (κ3) is 5.71. The molecular weight excluding hydrogens is 266 g/mol. The summed E-state index contributed by atoms with van der Waals surface area (Å²) in [6.07, 6.45) is 3.81. The van der Waals surface area contributed by atoms with Crippen molar-refractivity contribution < 1.29 is 14.3 Å². The van der Waals surface area contributed by atoms with Crippen molar-refractivity contribution in [2.24, 2.45) is 17.7 Å². The molecule has 21 heavy (non-hydrogen) atoms. The van der Waals surface area contributed by atoms with E-state index in [0.717, 1.165) is 30.9 Å². The number of hydrogen-bond donors (Lipinski definition) is 0. The van der Waals surface area contributed by atoms with E-state index in [4.69, 9.17) is 5.48 Å². The average Bonchev–Trinajstić information content (AvgIpc) is 2.57.